The predicted molar refractivity (Wildman–Crippen MR) is 167 cm³/mol. The van der Waals surface area contributed by atoms with Gasteiger partial charge >= 0.3 is 0 Å². The van der Waals surface area contributed by atoms with Gasteiger partial charge in [0.25, 0.3) is 5.91 Å². The second-order valence-electron chi connectivity index (χ2n) is 10.6. The van der Waals surface area contributed by atoms with Gasteiger partial charge in [-0.05, 0) is 53.6 Å². The van der Waals surface area contributed by atoms with E-state index >= 15 is 0 Å². The van der Waals surface area contributed by atoms with Crippen molar-refractivity contribution in [3.63, 3.8) is 0 Å². The van der Waals surface area contributed by atoms with Gasteiger partial charge in [0.1, 0.15) is 29.6 Å². The van der Waals surface area contributed by atoms with Gasteiger partial charge in [0.15, 0.2) is 0 Å². The number of benzene rings is 4. The Bertz CT molecular complexity index is 1680. The van der Waals surface area contributed by atoms with Crippen molar-refractivity contribution in [2.24, 2.45) is 5.73 Å². The third-order valence-corrected chi connectivity index (χ3v) is 7.18. The molecule has 9 heteroatoms. The molecule has 0 unspecified atom stereocenters. The number of hydrogen-bond donors (Lipinski definition) is 3. The van der Waals surface area contributed by atoms with Crippen molar-refractivity contribution in [1.82, 2.24) is 14.4 Å². The number of carbonyl (C=O) groups excluding carboxylic acids is 1. The van der Waals surface area contributed by atoms with Crippen LogP contribution in [-0.4, -0.2) is 30.4 Å². The fourth-order valence-corrected chi connectivity index (χ4v) is 5.04. The minimum absolute atomic E-state index is 0. The van der Waals surface area contributed by atoms with Crippen LogP contribution in [0.15, 0.2) is 103 Å². The first-order valence-electron chi connectivity index (χ1n) is 13.2. The number of quaternary nitrogens is 1. The van der Waals surface area contributed by atoms with Gasteiger partial charge in [-0.1, -0.05) is 60.7 Å². The van der Waals surface area contributed by atoms with Crippen LogP contribution in [0.2, 0.25) is 0 Å². The van der Waals surface area contributed by atoms with Crippen LogP contribution in [-0.2, 0) is 19.6 Å². The number of halogens is 3. The lowest BCUT2D eigenvalue weighted by atomic mass is 10.1. The topological polar surface area (TPSA) is 83.9 Å². The lowest BCUT2D eigenvalue weighted by Gasteiger charge is -2.29. The normalized spacial score (nSPS) is 10.9. The van der Waals surface area contributed by atoms with Crippen LogP contribution in [0, 0.1) is 11.2 Å². The molecule has 218 valence electrons. The lowest BCUT2D eigenvalue weighted by molar-refractivity contribution is -0.0000176. The molecule has 42 heavy (non-hydrogen) atoms. The van der Waals surface area contributed by atoms with E-state index in [1.54, 1.807) is 18.2 Å². The Morgan fingerprint density at radius 2 is 1.57 bits per heavy atom. The molecule has 1 heterocycles. The average Bonchev–Trinajstić information content (AvgIpc) is 3.29. The van der Waals surface area contributed by atoms with Gasteiger partial charge in [0, 0.05) is 35.1 Å². The zero-order valence-electron chi connectivity index (χ0n) is 23.5. The summed E-state index contributed by atoms with van der Waals surface area (Å²) in [5, 5.41) is 11.4. The molecule has 5 rings (SSSR count). The number of nitrogens with zero attached hydrogens (tertiary/aromatic N) is 2. The summed E-state index contributed by atoms with van der Waals surface area (Å²) in [5.41, 5.74) is 11.8. The van der Waals surface area contributed by atoms with Gasteiger partial charge in [-0.3, -0.25) is 14.7 Å². The first-order valence-corrected chi connectivity index (χ1v) is 13.2. The highest BCUT2D eigenvalue weighted by atomic mass is 35.5. The molecule has 1 aromatic heterocycles. The molecule has 5 aromatic rings. The summed E-state index contributed by atoms with van der Waals surface area (Å²) in [6.07, 6.45) is 0. The molecule has 0 aliphatic heterocycles. The molecule has 0 saturated heterocycles. The van der Waals surface area contributed by atoms with E-state index < -0.39 is 0 Å². The number of carbonyl (C=O) groups is 1. The van der Waals surface area contributed by atoms with Crippen LogP contribution >= 0.6 is 12.4 Å². The maximum Gasteiger partial charge on any atom is 0.268 e. The summed E-state index contributed by atoms with van der Waals surface area (Å²) < 4.78 is 16.6. The van der Waals surface area contributed by atoms with Crippen molar-refractivity contribution >= 4 is 40.7 Å². The number of rotatable bonds is 9. The van der Waals surface area contributed by atoms with E-state index in [9.17, 15) is 9.18 Å². The Kier molecular flexibility index (Phi) is 10.5. The highest BCUT2D eigenvalue weighted by Crippen LogP contribution is 2.25. The van der Waals surface area contributed by atoms with E-state index in [2.05, 4.69) is 55.8 Å². The highest BCUT2D eigenvalue weighted by molar-refractivity contribution is 5.99. The SMILES string of the molecule is C[N+](C)(Cc1ccccc1)c1ccc(CNC(=O)c2cc3cc(F)ccc3n2Cc2cccc(C(=N)N)c2)cc1.Cl.[Cl-]. The van der Waals surface area contributed by atoms with E-state index in [1.165, 1.54) is 23.4 Å². The maximum absolute atomic E-state index is 14.0. The van der Waals surface area contributed by atoms with Crippen LogP contribution in [0.5, 0.6) is 0 Å². The van der Waals surface area contributed by atoms with Gasteiger partial charge in [0.2, 0.25) is 0 Å². The molecule has 4 aromatic carbocycles. The Labute approximate surface area is 257 Å². The van der Waals surface area contributed by atoms with Crippen molar-refractivity contribution in [2.75, 3.05) is 14.1 Å². The zero-order chi connectivity index (χ0) is 28.3. The van der Waals surface area contributed by atoms with Crippen molar-refractivity contribution in [3.05, 3.63) is 137 Å². The number of fused-ring (bicyclic) bond motifs is 1. The predicted octanol–water partition coefficient (Wildman–Crippen LogP) is 3.24. The van der Waals surface area contributed by atoms with E-state index in [4.69, 9.17) is 11.1 Å². The van der Waals surface area contributed by atoms with Crippen LogP contribution in [0.25, 0.3) is 10.9 Å². The number of nitrogens with two attached hydrogens (primary N) is 1. The standard InChI is InChI=1S/C33H32FN5O.2ClH/c1-39(2,22-24-7-4-3-5-8-24)29-14-11-23(12-15-29)20-37-33(40)31-19-27-18-28(34)13-16-30(27)38(31)21-25-9-6-10-26(17-25)32(35)36;;/h3-19H,20-22H2,1-2H3,(H3-,35,36,37,40);2*1H. The molecular weight excluding hydrogens is 572 g/mol. The van der Waals surface area contributed by atoms with Crippen LogP contribution in [0.3, 0.4) is 0 Å². The Hall–Kier alpha value is -4.17. The molecule has 0 saturated carbocycles. The number of amidine groups is 1. The first-order chi connectivity index (χ1) is 19.2. The van der Waals surface area contributed by atoms with Crippen molar-refractivity contribution < 1.29 is 21.6 Å². The van der Waals surface area contributed by atoms with Gasteiger partial charge in [-0.2, -0.15) is 0 Å². The third kappa shape index (κ3) is 7.36. The molecule has 1 amide bonds. The van der Waals surface area contributed by atoms with Gasteiger partial charge in [0.05, 0.1) is 14.1 Å². The summed E-state index contributed by atoms with van der Waals surface area (Å²) >= 11 is 0. The molecule has 0 fully saturated rings. The number of aromatic nitrogens is 1. The summed E-state index contributed by atoms with van der Waals surface area (Å²) in [6.45, 7) is 1.61. The molecule has 6 nitrogen and oxygen atoms in total. The number of nitrogen functional groups attached to an aromatic ring is 1. The summed E-state index contributed by atoms with van der Waals surface area (Å²) in [7, 11) is 4.36. The maximum atomic E-state index is 14.0. The Morgan fingerprint density at radius 1 is 0.881 bits per heavy atom. The van der Waals surface area contributed by atoms with Crippen molar-refractivity contribution in [3.8, 4) is 0 Å². The number of amides is 1. The molecule has 0 aliphatic carbocycles. The van der Waals surface area contributed by atoms with Gasteiger partial charge in [-0.15, -0.1) is 12.4 Å². The van der Waals surface area contributed by atoms with Crippen molar-refractivity contribution in [1.29, 1.82) is 5.41 Å². The highest BCUT2D eigenvalue weighted by Gasteiger charge is 2.20. The zero-order valence-corrected chi connectivity index (χ0v) is 25.1. The number of hydrogen-bond acceptors (Lipinski definition) is 2. The Morgan fingerprint density at radius 3 is 2.26 bits per heavy atom. The van der Waals surface area contributed by atoms with Gasteiger partial charge in [-0.25, -0.2) is 4.39 Å². The average molecular weight is 607 g/mol. The van der Waals surface area contributed by atoms with E-state index in [-0.39, 0.29) is 42.4 Å². The molecule has 0 spiro atoms. The van der Waals surface area contributed by atoms with Crippen LogP contribution in [0.4, 0.5) is 10.1 Å². The molecular formula is C33H34Cl2FN5O. The summed E-state index contributed by atoms with van der Waals surface area (Å²) in [4.78, 5) is 13.4. The monoisotopic (exact) mass is 605 g/mol. The fraction of sp³-hybridized carbons (Fsp3) is 0.152. The van der Waals surface area contributed by atoms with Crippen molar-refractivity contribution in [2.45, 2.75) is 19.6 Å². The van der Waals surface area contributed by atoms with Crippen LogP contribution < -0.4 is 27.9 Å². The lowest BCUT2D eigenvalue weighted by Crippen LogP contribution is -3.00. The Balaban J connectivity index is 0.00000242. The first kappa shape index (κ1) is 32.3. The van der Waals surface area contributed by atoms with Gasteiger partial charge < -0.3 is 28.0 Å². The summed E-state index contributed by atoms with van der Waals surface area (Å²) in [6, 6.07) is 32.3. The molecule has 0 aliphatic rings. The minimum Gasteiger partial charge on any atom is -1.00 e. The smallest absolute Gasteiger partial charge is 0.268 e. The molecule has 0 radical (unpaired) electrons. The number of nitrogens with one attached hydrogen (secondary N) is 2. The molecule has 0 bridgehead atoms. The summed E-state index contributed by atoms with van der Waals surface area (Å²) in [5.74, 6) is -0.625. The second kappa shape index (κ2) is 13.7. The van der Waals surface area contributed by atoms with E-state index in [0.717, 1.165) is 23.2 Å². The largest absolute Gasteiger partial charge is 1.00 e. The minimum atomic E-state index is -0.358. The van der Waals surface area contributed by atoms with E-state index in [1.807, 2.05) is 41.0 Å². The fourth-order valence-electron chi connectivity index (χ4n) is 5.04. The third-order valence-electron chi connectivity index (χ3n) is 7.18. The molecule has 0 atom stereocenters. The second-order valence-corrected chi connectivity index (χ2v) is 10.6. The molecule has 4 N–H and O–H groups in total. The quantitative estimate of drug-likeness (QED) is 0.137. The van der Waals surface area contributed by atoms with Crippen LogP contribution in [0.1, 0.15) is 32.7 Å². The van der Waals surface area contributed by atoms with E-state index in [0.29, 0.717) is 34.2 Å².